The second-order valence-corrected chi connectivity index (χ2v) is 1.82. The van der Waals surface area contributed by atoms with Gasteiger partial charge in [0.1, 0.15) is 6.54 Å². The second-order valence-electron chi connectivity index (χ2n) is 0.958. The largest absolute Gasteiger partial charge is 0.292 e. The van der Waals surface area contributed by atoms with Crippen molar-refractivity contribution in [3.63, 3.8) is 0 Å². The monoisotopic (exact) mass is 117 g/mol. The van der Waals surface area contributed by atoms with Crippen molar-refractivity contribution in [2.75, 3.05) is 12.8 Å². The van der Waals surface area contributed by atoms with E-state index in [2.05, 4.69) is 11.7 Å². The van der Waals surface area contributed by atoms with Crippen LogP contribution in [-0.2, 0) is 4.79 Å². The van der Waals surface area contributed by atoms with Crippen molar-refractivity contribution in [3.05, 3.63) is 0 Å². The van der Waals surface area contributed by atoms with Crippen molar-refractivity contribution >= 4 is 23.6 Å². The van der Waals surface area contributed by atoms with Crippen molar-refractivity contribution < 1.29 is 4.79 Å². The van der Waals surface area contributed by atoms with Gasteiger partial charge in [0.25, 0.3) is 0 Å². The van der Waals surface area contributed by atoms with Crippen LogP contribution in [0, 0.1) is 0 Å². The van der Waals surface area contributed by atoms with Crippen LogP contribution < -0.4 is 0 Å². The van der Waals surface area contributed by atoms with Crippen LogP contribution in [0.1, 0.15) is 0 Å². The van der Waals surface area contributed by atoms with Crippen LogP contribution in [0.25, 0.3) is 0 Å². The smallest absolute Gasteiger partial charge is 0.210 e. The van der Waals surface area contributed by atoms with Gasteiger partial charge in [-0.3, -0.25) is 9.79 Å². The normalized spacial score (nSPS) is 8.14. The quantitative estimate of drug-likeness (QED) is 0.495. The van der Waals surface area contributed by atoms with Crippen molar-refractivity contribution in [3.8, 4) is 0 Å². The summed E-state index contributed by atoms with van der Waals surface area (Å²) in [7, 11) is 0. The van der Waals surface area contributed by atoms with Gasteiger partial charge in [0.2, 0.25) is 5.12 Å². The third-order valence-corrected chi connectivity index (χ3v) is 1.05. The number of hydrogen-bond donors (Lipinski definition) is 0. The molecule has 0 rings (SSSR count). The summed E-state index contributed by atoms with van der Waals surface area (Å²) >= 11 is 1.18. The predicted molar refractivity (Wildman–Crippen MR) is 32.9 cm³/mol. The highest BCUT2D eigenvalue weighted by molar-refractivity contribution is 8.13. The van der Waals surface area contributed by atoms with E-state index in [1.807, 2.05) is 0 Å². The molecule has 0 atom stereocenters. The van der Waals surface area contributed by atoms with Crippen molar-refractivity contribution in [2.45, 2.75) is 0 Å². The third kappa shape index (κ3) is 3.52. The van der Waals surface area contributed by atoms with Gasteiger partial charge >= 0.3 is 0 Å². The Bertz CT molecular complexity index is 81.8. The molecule has 7 heavy (non-hydrogen) atoms. The molecule has 0 amide bonds. The molecule has 0 spiro atoms. The Labute approximate surface area is 47.0 Å². The zero-order chi connectivity index (χ0) is 5.70. The molecule has 40 valence electrons. The lowest BCUT2D eigenvalue weighted by atomic mass is 10.8. The summed E-state index contributed by atoms with van der Waals surface area (Å²) in [6.45, 7) is 3.40. The number of carbonyl (C=O) groups excluding carboxylic acids is 1. The average molecular weight is 117 g/mol. The molecule has 0 saturated heterocycles. The van der Waals surface area contributed by atoms with E-state index in [-0.39, 0.29) is 11.7 Å². The van der Waals surface area contributed by atoms with Gasteiger partial charge in [0.05, 0.1) is 0 Å². The Kier molecular flexibility index (Phi) is 3.69. The molecule has 0 aromatic rings. The molecule has 0 aliphatic rings. The van der Waals surface area contributed by atoms with Crippen LogP contribution in [-0.4, -0.2) is 24.6 Å². The Balaban J connectivity index is 3.17. The Morgan fingerprint density at radius 3 is 2.71 bits per heavy atom. The summed E-state index contributed by atoms with van der Waals surface area (Å²) in [4.78, 5) is 13.6. The molecular weight excluding hydrogens is 110 g/mol. The molecule has 0 aliphatic carbocycles. The minimum Gasteiger partial charge on any atom is -0.292 e. The van der Waals surface area contributed by atoms with E-state index in [0.717, 1.165) is 0 Å². The SMILES string of the molecule is C=NCC(=O)SC. The van der Waals surface area contributed by atoms with Crippen molar-refractivity contribution in [1.82, 2.24) is 0 Å². The number of nitrogens with zero attached hydrogens (tertiary/aromatic N) is 1. The van der Waals surface area contributed by atoms with Gasteiger partial charge in [-0.25, -0.2) is 0 Å². The second kappa shape index (κ2) is 3.87. The molecule has 0 bridgehead atoms. The number of thioether (sulfide) groups is 1. The van der Waals surface area contributed by atoms with Crippen molar-refractivity contribution in [2.24, 2.45) is 4.99 Å². The molecule has 0 radical (unpaired) electrons. The highest BCUT2D eigenvalue weighted by atomic mass is 32.2. The topological polar surface area (TPSA) is 29.4 Å². The summed E-state index contributed by atoms with van der Waals surface area (Å²) in [6.07, 6.45) is 1.73. The maximum atomic E-state index is 10.2. The number of carbonyl (C=O) groups is 1. The standard InChI is InChI=1S/C4H7NOS/c1-5-3-4(6)7-2/h1,3H2,2H3. The summed E-state index contributed by atoms with van der Waals surface area (Å²) in [5.74, 6) is 0. The van der Waals surface area contributed by atoms with Crippen LogP contribution in [0.5, 0.6) is 0 Å². The molecule has 0 aliphatic heterocycles. The van der Waals surface area contributed by atoms with Crippen molar-refractivity contribution in [1.29, 1.82) is 0 Å². The molecule has 0 heterocycles. The van der Waals surface area contributed by atoms with Gasteiger partial charge < -0.3 is 0 Å². The summed E-state index contributed by atoms with van der Waals surface area (Å²) in [5, 5.41) is 0.0648. The van der Waals surface area contributed by atoms with E-state index in [1.165, 1.54) is 11.8 Å². The fraction of sp³-hybridized carbons (Fsp3) is 0.500. The number of hydrogen-bond acceptors (Lipinski definition) is 3. The Morgan fingerprint density at radius 1 is 2.00 bits per heavy atom. The molecule has 0 saturated carbocycles. The first-order chi connectivity index (χ1) is 3.31. The van der Waals surface area contributed by atoms with E-state index >= 15 is 0 Å². The van der Waals surface area contributed by atoms with Gasteiger partial charge in [-0.05, 0) is 13.0 Å². The fourth-order valence-electron chi connectivity index (χ4n) is 0.156. The van der Waals surface area contributed by atoms with E-state index in [0.29, 0.717) is 0 Å². The third-order valence-electron chi connectivity index (χ3n) is 0.469. The lowest BCUT2D eigenvalue weighted by molar-refractivity contribution is -0.109. The van der Waals surface area contributed by atoms with Gasteiger partial charge in [0.15, 0.2) is 0 Å². The first-order valence-corrected chi connectivity index (χ1v) is 3.03. The maximum Gasteiger partial charge on any atom is 0.210 e. The lowest BCUT2D eigenvalue weighted by Gasteiger charge is -1.83. The summed E-state index contributed by atoms with van der Waals surface area (Å²) in [5.41, 5.74) is 0. The molecule has 3 heteroatoms. The number of rotatable bonds is 2. The predicted octanol–water partition coefficient (Wildman–Crippen LogP) is 0.577. The molecule has 0 N–H and O–H groups in total. The van der Waals surface area contributed by atoms with Gasteiger partial charge in [-0.2, -0.15) is 0 Å². The Hall–Kier alpha value is -0.310. The molecule has 0 fully saturated rings. The maximum absolute atomic E-state index is 10.2. The van der Waals surface area contributed by atoms with Gasteiger partial charge in [-0.15, -0.1) is 0 Å². The first-order valence-electron chi connectivity index (χ1n) is 1.80. The zero-order valence-electron chi connectivity index (χ0n) is 4.18. The minimum atomic E-state index is 0.0648. The molecule has 0 aromatic carbocycles. The summed E-state index contributed by atoms with van der Waals surface area (Å²) in [6, 6.07) is 0. The fourth-order valence-corrected chi connectivity index (χ4v) is 0.376. The highest BCUT2D eigenvalue weighted by Gasteiger charge is 1.90. The van der Waals surface area contributed by atoms with Gasteiger partial charge in [0, 0.05) is 0 Å². The van der Waals surface area contributed by atoms with Crippen LogP contribution in [0.3, 0.4) is 0 Å². The van der Waals surface area contributed by atoms with Crippen LogP contribution in [0.4, 0.5) is 0 Å². The van der Waals surface area contributed by atoms with E-state index in [4.69, 9.17) is 0 Å². The van der Waals surface area contributed by atoms with E-state index < -0.39 is 0 Å². The van der Waals surface area contributed by atoms with Crippen LogP contribution in [0.2, 0.25) is 0 Å². The Morgan fingerprint density at radius 2 is 2.57 bits per heavy atom. The van der Waals surface area contributed by atoms with Gasteiger partial charge in [-0.1, -0.05) is 11.8 Å². The molecule has 0 aromatic heterocycles. The van der Waals surface area contributed by atoms with Crippen LogP contribution >= 0.6 is 11.8 Å². The minimum absolute atomic E-state index is 0.0648. The molecular formula is C4H7NOS. The summed E-state index contributed by atoms with van der Waals surface area (Å²) < 4.78 is 0. The lowest BCUT2D eigenvalue weighted by Crippen LogP contribution is -1.92. The molecule has 2 nitrogen and oxygen atoms in total. The number of aliphatic imine (C=N–C) groups is 1. The average Bonchev–Trinajstić information content (AvgIpc) is 1.68. The highest BCUT2D eigenvalue weighted by Crippen LogP contribution is 1.92. The molecule has 0 unspecified atom stereocenters. The van der Waals surface area contributed by atoms with E-state index in [9.17, 15) is 4.79 Å². The van der Waals surface area contributed by atoms with E-state index in [1.54, 1.807) is 6.26 Å². The van der Waals surface area contributed by atoms with Crippen LogP contribution in [0.15, 0.2) is 4.99 Å². The zero-order valence-corrected chi connectivity index (χ0v) is 4.99. The first kappa shape index (κ1) is 6.69.